The van der Waals surface area contributed by atoms with Crippen molar-refractivity contribution >= 4 is 5.82 Å². The molecule has 1 aliphatic heterocycles. The molecule has 2 heterocycles. The molecule has 1 aliphatic rings. The summed E-state index contributed by atoms with van der Waals surface area (Å²) in [6, 6.07) is 15.0. The highest BCUT2D eigenvalue weighted by molar-refractivity contribution is 5.44. The van der Waals surface area contributed by atoms with Gasteiger partial charge in [0.1, 0.15) is 5.82 Å². The maximum atomic E-state index is 5.70. The van der Waals surface area contributed by atoms with E-state index in [1.165, 1.54) is 12.0 Å². The third-order valence-corrected chi connectivity index (χ3v) is 4.18. The molecule has 2 aromatic rings. The van der Waals surface area contributed by atoms with E-state index < -0.39 is 0 Å². The van der Waals surface area contributed by atoms with Gasteiger partial charge in [-0.2, -0.15) is 0 Å². The van der Waals surface area contributed by atoms with Crippen LogP contribution in [0.2, 0.25) is 0 Å². The number of hydrogen-bond acceptors (Lipinski definition) is 3. The molecule has 20 heavy (non-hydrogen) atoms. The van der Waals surface area contributed by atoms with E-state index in [0.29, 0.717) is 12.5 Å². The highest BCUT2D eigenvalue weighted by Crippen LogP contribution is 2.30. The van der Waals surface area contributed by atoms with Gasteiger partial charge in [0.05, 0.1) is 0 Å². The second-order valence-electron chi connectivity index (χ2n) is 5.46. The van der Waals surface area contributed by atoms with Crippen LogP contribution in [0.25, 0.3) is 0 Å². The van der Waals surface area contributed by atoms with Crippen molar-refractivity contribution < 1.29 is 0 Å². The van der Waals surface area contributed by atoms with Crippen LogP contribution in [0.5, 0.6) is 0 Å². The molecule has 1 aromatic carbocycles. The Morgan fingerprint density at radius 1 is 1.20 bits per heavy atom. The lowest BCUT2D eigenvalue weighted by Crippen LogP contribution is -2.21. The Morgan fingerprint density at radius 3 is 2.70 bits per heavy atom. The van der Waals surface area contributed by atoms with Gasteiger partial charge in [-0.15, -0.1) is 0 Å². The van der Waals surface area contributed by atoms with Crippen molar-refractivity contribution in [3.8, 4) is 0 Å². The number of benzene rings is 1. The van der Waals surface area contributed by atoms with Crippen molar-refractivity contribution in [2.45, 2.75) is 25.8 Å². The largest absolute Gasteiger partial charge is 0.356 e. The first-order valence-electron chi connectivity index (χ1n) is 7.24. The molecular weight excluding hydrogens is 246 g/mol. The van der Waals surface area contributed by atoms with Crippen molar-refractivity contribution in [2.75, 3.05) is 18.0 Å². The van der Waals surface area contributed by atoms with Crippen molar-refractivity contribution in [1.29, 1.82) is 0 Å². The Kier molecular flexibility index (Phi) is 3.70. The molecule has 0 bridgehead atoms. The number of hydrogen-bond donors (Lipinski definition) is 1. The van der Waals surface area contributed by atoms with Crippen LogP contribution in [-0.2, 0) is 6.54 Å². The van der Waals surface area contributed by atoms with Crippen molar-refractivity contribution in [1.82, 2.24) is 4.98 Å². The van der Waals surface area contributed by atoms with Crippen LogP contribution in [0.15, 0.2) is 42.5 Å². The van der Waals surface area contributed by atoms with Crippen molar-refractivity contribution in [3.63, 3.8) is 0 Å². The summed E-state index contributed by atoms with van der Waals surface area (Å²) in [5.41, 5.74) is 9.32. The second-order valence-corrected chi connectivity index (χ2v) is 5.46. The third kappa shape index (κ3) is 2.54. The zero-order chi connectivity index (χ0) is 13.9. The van der Waals surface area contributed by atoms with Gasteiger partial charge in [0.15, 0.2) is 0 Å². The van der Waals surface area contributed by atoms with Crippen molar-refractivity contribution in [3.05, 3.63) is 59.3 Å². The number of anilines is 1. The lowest BCUT2D eigenvalue weighted by atomic mass is 9.99. The minimum atomic E-state index is 0.561. The fraction of sp³-hybridized carbons (Fsp3) is 0.353. The number of aryl methyl sites for hydroxylation is 1. The van der Waals surface area contributed by atoms with E-state index in [-0.39, 0.29) is 0 Å². The third-order valence-electron chi connectivity index (χ3n) is 4.18. The molecule has 3 rings (SSSR count). The Labute approximate surface area is 120 Å². The summed E-state index contributed by atoms with van der Waals surface area (Å²) in [5.74, 6) is 1.70. The van der Waals surface area contributed by atoms with Gasteiger partial charge in [0, 0.05) is 31.2 Å². The van der Waals surface area contributed by atoms with Crippen LogP contribution >= 0.6 is 0 Å². The van der Waals surface area contributed by atoms with Gasteiger partial charge in [0.25, 0.3) is 0 Å². The number of aromatic nitrogens is 1. The molecule has 0 radical (unpaired) electrons. The number of nitrogens with two attached hydrogens (primary N) is 1. The SMILES string of the molecule is Cc1nc(N2CCC(c3ccccc3)C2)ccc1CN. The second kappa shape index (κ2) is 5.63. The summed E-state index contributed by atoms with van der Waals surface area (Å²) in [6.45, 7) is 4.73. The molecule has 2 N–H and O–H groups in total. The molecular formula is C17H21N3. The highest BCUT2D eigenvalue weighted by Gasteiger charge is 2.24. The van der Waals surface area contributed by atoms with Gasteiger partial charge in [-0.05, 0) is 30.5 Å². The quantitative estimate of drug-likeness (QED) is 0.930. The van der Waals surface area contributed by atoms with Crippen LogP contribution in [0.4, 0.5) is 5.82 Å². The van der Waals surface area contributed by atoms with Crippen LogP contribution in [0.1, 0.15) is 29.2 Å². The van der Waals surface area contributed by atoms with Gasteiger partial charge in [-0.3, -0.25) is 0 Å². The lowest BCUT2D eigenvalue weighted by Gasteiger charge is -2.19. The standard InChI is InChI=1S/C17H21N3/c1-13-15(11-18)7-8-17(19-13)20-10-9-16(12-20)14-5-3-2-4-6-14/h2-8,16H,9-12,18H2,1H3. The van der Waals surface area contributed by atoms with Crippen LogP contribution in [0, 0.1) is 6.92 Å². The van der Waals surface area contributed by atoms with E-state index in [1.54, 1.807) is 0 Å². The van der Waals surface area contributed by atoms with Crippen LogP contribution in [-0.4, -0.2) is 18.1 Å². The zero-order valence-electron chi connectivity index (χ0n) is 11.9. The summed E-state index contributed by atoms with van der Waals surface area (Å²) in [6.07, 6.45) is 1.20. The average Bonchev–Trinajstić information content (AvgIpc) is 2.98. The molecule has 0 amide bonds. The monoisotopic (exact) mass is 267 g/mol. The first kappa shape index (κ1) is 13.1. The fourth-order valence-corrected chi connectivity index (χ4v) is 2.93. The molecule has 0 saturated carbocycles. The minimum Gasteiger partial charge on any atom is -0.356 e. The van der Waals surface area contributed by atoms with Crippen LogP contribution in [0.3, 0.4) is 0 Å². The summed E-state index contributed by atoms with van der Waals surface area (Å²) in [4.78, 5) is 7.08. The number of rotatable bonds is 3. The number of nitrogens with zero attached hydrogens (tertiary/aromatic N) is 2. The molecule has 1 fully saturated rings. The fourth-order valence-electron chi connectivity index (χ4n) is 2.93. The Hall–Kier alpha value is -1.87. The predicted molar refractivity (Wildman–Crippen MR) is 82.9 cm³/mol. The molecule has 1 atom stereocenters. The van der Waals surface area contributed by atoms with Crippen LogP contribution < -0.4 is 10.6 Å². The molecule has 3 heteroatoms. The summed E-state index contributed by atoms with van der Waals surface area (Å²) in [7, 11) is 0. The molecule has 1 aromatic heterocycles. The summed E-state index contributed by atoms with van der Waals surface area (Å²) >= 11 is 0. The van der Waals surface area contributed by atoms with E-state index in [2.05, 4.69) is 47.4 Å². The predicted octanol–water partition coefficient (Wildman–Crippen LogP) is 2.84. The first-order chi connectivity index (χ1) is 9.78. The number of pyridine rings is 1. The molecule has 3 nitrogen and oxygen atoms in total. The smallest absolute Gasteiger partial charge is 0.128 e. The van der Waals surface area contributed by atoms with Gasteiger partial charge < -0.3 is 10.6 Å². The average molecular weight is 267 g/mol. The summed E-state index contributed by atoms with van der Waals surface area (Å²) < 4.78 is 0. The molecule has 1 saturated heterocycles. The highest BCUT2D eigenvalue weighted by atomic mass is 15.2. The van der Waals surface area contributed by atoms with E-state index in [4.69, 9.17) is 10.7 Å². The van der Waals surface area contributed by atoms with E-state index in [1.807, 2.05) is 6.92 Å². The van der Waals surface area contributed by atoms with Gasteiger partial charge in [0.2, 0.25) is 0 Å². The first-order valence-corrected chi connectivity index (χ1v) is 7.24. The lowest BCUT2D eigenvalue weighted by molar-refractivity contribution is 0.774. The Morgan fingerprint density at radius 2 is 2.00 bits per heavy atom. The summed E-state index contributed by atoms with van der Waals surface area (Å²) in [5, 5.41) is 0. The van der Waals surface area contributed by atoms with Gasteiger partial charge in [-0.1, -0.05) is 36.4 Å². The van der Waals surface area contributed by atoms with E-state index in [9.17, 15) is 0 Å². The normalized spacial score (nSPS) is 18.5. The maximum absolute atomic E-state index is 5.70. The molecule has 0 spiro atoms. The van der Waals surface area contributed by atoms with Gasteiger partial charge >= 0.3 is 0 Å². The zero-order valence-corrected chi connectivity index (χ0v) is 11.9. The maximum Gasteiger partial charge on any atom is 0.128 e. The minimum absolute atomic E-state index is 0.561. The Bertz CT molecular complexity index is 580. The van der Waals surface area contributed by atoms with Gasteiger partial charge in [-0.25, -0.2) is 4.98 Å². The molecule has 1 unspecified atom stereocenters. The molecule has 0 aliphatic carbocycles. The van der Waals surface area contributed by atoms with Crippen molar-refractivity contribution in [2.24, 2.45) is 5.73 Å². The van der Waals surface area contributed by atoms with E-state index in [0.717, 1.165) is 30.2 Å². The molecule has 104 valence electrons. The topological polar surface area (TPSA) is 42.2 Å². The Balaban J connectivity index is 1.76. The van der Waals surface area contributed by atoms with E-state index >= 15 is 0 Å².